The van der Waals surface area contributed by atoms with E-state index in [-0.39, 0.29) is 5.97 Å². The van der Waals surface area contributed by atoms with Crippen LogP contribution in [-0.4, -0.2) is 22.6 Å². The van der Waals surface area contributed by atoms with E-state index in [9.17, 15) is 4.79 Å². The highest BCUT2D eigenvalue weighted by molar-refractivity contribution is 5.90. The van der Waals surface area contributed by atoms with Crippen LogP contribution in [0.3, 0.4) is 0 Å². The Hall–Kier alpha value is -2.30. The highest BCUT2D eigenvalue weighted by Gasteiger charge is 2.25. The lowest BCUT2D eigenvalue weighted by Gasteiger charge is -2.12. The van der Waals surface area contributed by atoms with Gasteiger partial charge in [-0.2, -0.15) is 0 Å². The lowest BCUT2D eigenvalue weighted by atomic mass is 10.1. The first-order valence-corrected chi connectivity index (χ1v) is 7.12. The van der Waals surface area contributed by atoms with E-state index >= 15 is 0 Å². The fourth-order valence-electron chi connectivity index (χ4n) is 2.39. The number of carbonyl (C=O) groups is 1. The predicted octanol–water partition coefficient (Wildman–Crippen LogP) is 2.93. The topological polar surface area (TPSA) is 56.1 Å². The van der Waals surface area contributed by atoms with Gasteiger partial charge in [0, 0.05) is 17.9 Å². The number of nitrogens with zero attached hydrogens (tertiary/aromatic N) is 2. The fourth-order valence-corrected chi connectivity index (χ4v) is 2.39. The van der Waals surface area contributed by atoms with Crippen LogP contribution in [0.5, 0.6) is 0 Å². The average molecular weight is 285 g/mol. The number of ether oxygens (including phenoxy) is 1. The summed E-state index contributed by atoms with van der Waals surface area (Å²) in [5.74, 6) is -0.318. The Balaban J connectivity index is 1.75. The molecule has 3 rings (SSSR count). The molecule has 1 N–H and O–H groups in total. The number of hydrogen-bond acceptors (Lipinski definition) is 4. The first-order valence-electron chi connectivity index (χ1n) is 7.12. The van der Waals surface area contributed by atoms with Crippen molar-refractivity contribution in [2.75, 3.05) is 12.4 Å². The predicted molar refractivity (Wildman–Crippen MR) is 80.3 cm³/mol. The minimum atomic E-state index is -0.318. The molecule has 110 valence electrons. The number of hydrogen-bond donors (Lipinski definition) is 1. The molecule has 5 heteroatoms. The van der Waals surface area contributed by atoms with Crippen molar-refractivity contribution in [1.82, 2.24) is 9.55 Å². The quantitative estimate of drug-likeness (QED) is 0.858. The molecule has 0 unspecified atom stereocenters. The molecule has 2 aromatic rings. The van der Waals surface area contributed by atoms with E-state index in [4.69, 9.17) is 4.74 Å². The lowest BCUT2D eigenvalue weighted by Crippen LogP contribution is -2.08. The van der Waals surface area contributed by atoms with Gasteiger partial charge in [-0.25, -0.2) is 9.78 Å². The monoisotopic (exact) mass is 285 g/mol. The van der Waals surface area contributed by atoms with E-state index < -0.39 is 0 Å². The molecular formula is C16H19N3O2. The van der Waals surface area contributed by atoms with Gasteiger partial charge in [0.15, 0.2) is 0 Å². The Kier molecular flexibility index (Phi) is 3.64. The van der Waals surface area contributed by atoms with Gasteiger partial charge in [0.25, 0.3) is 0 Å². The molecule has 21 heavy (non-hydrogen) atoms. The minimum absolute atomic E-state index is 0.318. The summed E-state index contributed by atoms with van der Waals surface area (Å²) in [6.45, 7) is 2.71. The number of aromatic nitrogens is 2. The number of aryl methyl sites for hydroxylation is 1. The van der Waals surface area contributed by atoms with Gasteiger partial charge in [0.2, 0.25) is 0 Å². The molecule has 1 saturated carbocycles. The summed E-state index contributed by atoms with van der Waals surface area (Å²) in [7, 11) is 1.39. The summed E-state index contributed by atoms with van der Waals surface area (Å²) in [5.41, 5.74) is 3.77. The Labute approximate surface area is 124 Å². The molecule has 1 aromatic carbocycles. The Morgan fingerprint density at radius 2 is 2.29 bits per heavy atom. The van der Waals surface area contributed by atoms with Crippen molar-refractivity contribution >= 4 is 11.7 Å². The zero-order valence-electron chi connectivity index (χ0n) is 12.3. The van der Waals surface area contributed by atoms with Crippen molar-refractivity contribution < 1.29 is 9.53 Å². The molecule has 5 nitrogen and oxygen atoms in total. The summed E-state index contributed by atoms with van der Waals surface area (Å²) < 4.78 is 6.99. The van der Waals surface area contributed by atoms with Crippen LogP contribution >= 0.6 is 0 Å². The van der Waals surface area contributed by atoms with Gasteiger partial charge in [0.1, 0.15) is 0 Å². The van der Waals surface area contributed by atoms with Gasteiger partial charge in [-0.3, -0.25) is 0 Å². The largest absolute Gasteiger partial charge is 0.465 e. The van der Waals surface area contributed by atoms with Crippen LogP contribution in [0.15, 0.2) is 30.7 Å². The molecule has 0 aliphatic heterocycles. The summed E-state index contributed by atoms with van der Waals surface area (Å²) >= 11 is 0. The molecule has 0 atom stereocenters. The number of benzene rings is 1. The van der Waals surface area contributed by atoms with Crippen molar-refractivity contribution in [2.24, 2.45) is 0 Å². The van der Waals surface area contributed by atoms with Gasteiger partial charge in [-0.1, -0.05) is 6.07 Å². The Morgan fingerprint density at radius 1 is 1.48 bits per heavy atom. The van der Waals surface area contributed by atoms with Crippen LogP contribution in [0.25, 0.3) is 0 Å². The summed E-state index contributed by atoms with van der Waals surface area (Å²) in [6.07, 6.45) is 6.26. The highest BCUT2D eigenvalue weighted by atomic mass is 16.5. The van der Waals surface area contributed by atoms with Crippen LogP contribution in [0.2, 0.25) is 0 Å². The number of rotatable bonds is 5. The molecule has 1 heterocycles. The van der Waals surface area contributed by atoms with Crippen molar-refractivity contribution in [3.8, 4) is 0 Å². The van der Waals surface area contributed by atoms with E-state index in [1.54, 1.807) is 6.07 Å². The molecule has 0 amide bonds. The van der Waals surface area contributed by atoms with Crippen molar-refractivity contribution in [2.45, 2.75) is 32.4 Å². The summed E-state index contributed by atoms with van der Waals surface area (Å²) in [6, 6.07) is 6.15. The standard InChI is InChI=1S/C16H19N3O2/c1-11-3-4-12(16(20)21-2)7-15(11)18-9-14-8-17-10-19(14)13-5-6-13/h3-4,7-8,10,13,18H,5-6,9H2,1-2H3. The van der Waals surface area contributed by atoms with E-state index in [1.807, 2.05) is 31.6 Å². The maximum absolute atomic E-state index is 11.6. The second-order valence-electron chi connectivity index (χ2n) is 5.40. The second kappa shape index (κ2) is 5.60. The molecule has 1 fully saturated rings. The van der Waals surface area contributed by atoms with Gasteiger partial charge in [-0.05, 0) is 37.5 Å². The fraction of sp³-hybridized carbons (Fsp3) is 0.375. The third-order valence-corrected chi connectivity index (χ3v) is 3.81. The average Bonchev–Trinajstić information content (AvgIpc) is 3.24. The number of nitrogens with one attached hydrogen (secondary N) is 1. The first kappa shape index (κ1) is 13.7. The molecule has 0 radical (unpaired) electrons. The number of anilines is 1. The lowest BCUT2D eigenvalue weighted by molar-refractivity contribution is 0.0601. The van der Waals surface area contributed by atoms with Gasteiger partial charge < -0.3 is 14.6 Å². The summed E-state index contributed by atoms with van der Waals surface area (Å²) in [5, 5.41) is 3.39. The van der Waals surface area contributed by atoms with Gasteiger partial charge in [0.05, 0.1) is 31.2 Å². The third kappa shape index (κ3) is 2.91. The van der Waals surface area contributed by atoms with E-state index in [0.29, 0.717) is 18.2 Å². The zero-order valence-corrected chi connectivity index (χ0v) is 12.3. The number of carbonyl (C=O) groups excluding carboxylic acids is 1. The van der Waals surface area contributed by atoms with Crippen molar-refractivity contribution in [3.05, 3.63) is 47.5 Å². The maximum Gasteiger partial charge on any atom is 0.337 e. The highest BCUT2D eigenvalue weighted by Crippen LogP contribution is 2.35. The number of esters is 1. The first-order chi connectivity index (χ1) is 10.2. The molecule has 0 saturated heterocycles. The minimum Gasteiger partial charge on any atom is -0.465 e. The van der Waals surface area contributed by atoms with Crippen LogP contribution in [0.4, 0.5) is 5.69 Å². The SMILES string of the molecule is COC(=O)c1ccc(C)c(NCc2cncn2C2CC2)c1. The summed E-state index contributed by atoms with van der Waals surface area (Å²) in [4.78, 5) is 15.8. The van der Waals surface area contributed by atoms with E-state index in [1.165, 1.54) is 25.6 Å². The van der Waals surface area contributed by atoms with E-state index in [0.717, 1.165) is 11.3 Å². The Morgan fingerprint density at radius 3 is 3.00 bits per heavy atom. The molecule has 1 aliphatic rings. The molecule has 1 aromatic heterocycles. The number of methoxy groups -OCH3 is 1. The van der Waals surface area contributed by atoms with E-state index in [2.05, 4.69) is 14.9 Å². The zero-order chi connectivity index (χ0) is 14.8. The van der Waals surface area contributed by atoms with Crippen LogP contribution in [0.1, 0.15) is 40.5 Å². The molecular weight excluding hydrogens is 266 g/mol. The second-order valence-corrected chi connectivity index (χ2v) is 5.40. The van der Waals surface area contributed by atoms with Crippen LogP contribution < -0.4 is 5.32 Å². The van der Waals surface area contributed by atoms with Crippen LogP contribution in [-0.2, 0) is 11.3 Å². The van der Waals surface area contributed by atoms with Crippen LogP contribution in [0, 0.1) is 6.92 Å². The third-order valence-electron chi connectivity index (χ3n) is 3.81. The van der Waals surface area contributed by atoms with Gasteiger partial charge >= 0.3 is 5.97 Å². The van der Waals surface area contributed by atoms with Crippen molar-refractivity contribution in [3.63, 3.8) is 0 Å². The molecule has 0 bridgehead atoms. The maximum atomic E-state index is 11.6. The normalized spacial score (nSPS) is 14.0. The van der Waals surface area contributed by atoms with Crippen molar-refractivity contribution in [1.29, 1.82) is 0 Å². The Bertz CT molecular complexity index is 659. The number of imidazole rings is 1. The van der Waals surface area contributed by atoms with Gasteiger partial charge in [-0.15, -0.1) is 0 Å². The smallest absolute Gasteiger partial charge is 0.337 e. The molecule has 0 spiro atoms. The molecule has 1 aliphatic carbocycles.